The van der Waals surface area contributed by atoms with Gasteiger partial charge in [0.25, 0.3) is 0 Å². The van der Waals surface area contributed by atoms with Crippen LogP contribution >= 0.6 is 0 Å². The number of nitrogens with zero attached hydrogens (tertiary/aromatic N) is 4. The molecule has 1 aromatic carbocycles. The number of ether oxygens (including phenoxy) is 2. The number of aryl methyl sites for hydroxylation is 1. The summed E-state index contributed by atoms with van der Waals surface area (Å²) in [5.74, 6) is 1.33. The quantitative estimate of drug-likeness (QED) is 0.571. The molecule has 1 N–H and O–H groups in total. The Morgan fingerprint density at radius 1 is 1.21 bits per heavy atom. The van der Waals surface area contributed by atoms with Crippen LogP contribution in [0, 0.1) is 0 Å². The number of hydrogen-bond acceptors (Lipinski definition) is 6. The van der Waals surface area contributed by atoms with E-state index in [2.05, 4.69) is 15.3 Å². The highest BCUT2D eigenvalue weighted by atomic mass is 16.5. The maximum Gasteiger partial charge on any atom is 0.330 e. The molecule has 8 heteroatoms. The lowest BCUT2D eigenvalue weighted by Crippen LogP contribution is -2.25. The average molecular weight is 383 g/mol. The van der Waals surface area contributed by atoms with Crippen LogP contribution in [0.25, 0.3) is 11.2 Å². The SMILES string of the molecule is COCCCn1c(=O)n(Cc2ccccc2OC)c2cnc(NC3CC3)nc21. The summed E-state index contributed by atoms with van der Waals surface area (Å²) in [5.41, 5.74) is 2.20. The van der Waals surface area contributed by atoms with E-state index < -0.39 is 0 Å². The molecule has 0 aliphatic heterocycles. The molecule has 0 unspecified atom stereocenters. The summed E-state index contributed by atoms with van der Waals surface area (Å²) in [6, 6.07) is 8.16. The van der Waals surface area contributed by atoms with E-state index in [1.807, 2.05) is 24.3 Å². The van der Waals surface area contributed by atoms with Crippen LogP contribution in [0.2, 0.25) is 0 Å². The van der Waals surface area contributed by atoms with Gasteiger partial charge < -0.3 is 14.8 Å². The third-order valence-corrected chi connectivity index (χ3v) is 4.92. The van der Waals surface area contributed by atoms with Crippen molar-refractivity contribution in [1.82, 2.24) is 19.1 Å². The van der Waals surface area contributed by atoms with Gasteiger partial charge in [0.05, 0.1) is 19.9 Å². The van der Waals surface area contributed by atoms with Crippen molar-refractivity contribution in [3.63, 3.8) is 0 Å². The van der Waals surface area contributed by atoms with E-state index in [-0.39, 0.29) is 5.69 Å². The maximum absolute atomic E-state index is 13.2. The Kier molecular flexibility index (Phi) is 5.29. The third kappa shape index (κ3) is 3.73. The molecular weight excluding hydrogens is 358 g/mol. The lowest BCUT2D eigenvalue weighted by atomic mass is 10.2. The monoisotopic (exact) mass is 383 g/mol. The Balaban J connectivity index is 1.76. The van der Waals surface area contributed by atoms with Crippen molar-refractivity contribution in [2.75, 3.05) is 26.1 Å². The topological polar surface area (TPSA) is 83.2 Å². The molecule has 1 fully saturated rings. The van der Waals surface area contributed by atoms with Crippen LogP contribution in [0.4, 0.5) is 5.95 Å². The fourth-order valence-electron chi connectivity index (χ4n) is 3.30. The summed E-state index contributed by atoms with van der Waals surface area (Å²) in [6.45, 7) is 1.53. The zero-order valence-electron chi connectivity index (χ0n) is 16.2. The maximum atomic E-state index is 13.2. The van der Waals surface area contributed by atoms with E-state index in [1.165, 1.54) is 0 Å². The number of hydrogen-bond donors (Lipinski definition) is 1. The standard InChI is InChI=1S/C20H25N5O3/c1-27-11-5-10-24-18-16(12-21-19(23-18)22-15-8-9-15)25(20(24)26)13-14-6-3-4-7-17(14)28-2/h3-4,6-7,12,15H,5,8-11,13H2,1-2H3,(H,21,22,23). The number of benzene rings is 1. The van der Waals surface area contributed by atoms with E-state index in [4.69, 9.17) is 9.47 Å². The second-order valence-electron chi connectivity index (χ2n) is 7.00. The van der Waals surface area contributed by atoms with Crippen LogP contribution in [0.15, 0.2) is 35.3 Å². The molecule has 0 bridgehead atoms. The summed E-state index contributed by atoms with van der Waals surface area (Å²) in [5, 5.41) is 3.31. The van der Waals surface area contributed by atoms with Crippen molar-refractivity contribution >= 4 is 17.1 Å². The van der Waals surface area contributed by atoms with Gasteiger partial charge in [-0.3, -0.25) is 9.13 Å². The Morgan fingerprint density at radius 2 is 2.04 bits per heavy atom. The summed E-state index contributed by atoms with van der Waals surface area (Å²) >= 11 is 0. The van der Waals surface area contributed by atoms with Gasteiger partial charge in [-0.25, -0.2) is 9.78 Å². The second-order valence-corrected chi connectivity index (χ2v) is 7.00. The highest BCUT2D eigenvalue weighted by molar-refractivity contribution is 5.72. The highest BCUT2D eigenvalue weighted by Gasteiger charge is 2.23. The number of imidazole rings is 1. The Morgan fingerprint density at radius 3 is 2.79 bits per heavy atom. The van der Waals surface area contributed by atoms with Crippen molar-refractivity contribution in [3.05, 3.63) is 46.5 Å². The van der Waals surface area contributed by atoms with Crippen molar-refractivity contribution in [3.8, 4) is 5.75 Å². The first-order valence-electron chi connectivity index (χ1n) is 9.54. The second kappa shape index (κ2) is 8.02. The predicted octanol–water partition coefficient (Wildman–Crippen LogP) is 2.26. The van der Waals surface area contributed by atoms with Crippen LogP contribution in [-0.4, -0.2) is 46.0 Å². The Hall–Kier alpha value is -2.87. The molecule has 28 heavy (non-hydrogen) atoms. The minimum absolute atomic E-state index is 0.102. The molecule has 1 aliphatic carbocycles. The molecule has 1 aliphatic rings. The normalized spacial score (nSPS) is 13.8. The number of para-hydroxylation sites is 1. The Bertz CT molecular complexity index is 1020. The molecule has 0 spiro atoms. The molecule has 148 valence electrons. The van der Waals surface area contributed by atoms with E-state index in [1.54, 1.807) is 29.6 Å². The first-order valence-corrected chi connectivity index (χ1v) is 9.54. The van der Waals surface area contributed by atoms with Crippen molar-refractivity contribution in [2.24, 2.45) is 0 Å². The van der Waals surface area contributed by atoms with Crippen LogP contribution in [-0.2, 0) is 17.8 Å². The summed E-state index contributed by atoms with van der Waals surface area (Å²) < 4.78 is 14.0. The van der Waals surface area contributed by atoms with Gasteiger partial charge in [0.1, 0.15) is 11.3 Å². The number of nitrogens with one attached hydrogen (secondary N) is 1. The lowest BCUT2D eigenvalue weighted by Gasteiger charge is -2.09. The first-order chi connectivity index (χ1) is 13.7. The average Bonchev–Trinajstić information content (AvgIpc) is 3.49. The van der Waals surface area contributed by atoms with E-state index in [9.17, 15) is 4.79 Å². The lowest BCUT2D eigenvalue weighted by molar-refractivity contribution is 0.190. The van der Waals surface area contributed by atoms with Crippen LogP contribution < -0.4 is 15.7 Å². The minimum Gasteiger partial charge on any atom is -0.496 e. The molecule has 4 rings (SSSR count). The fourth-order valence-corrected chi connectivity index (χ4v) is 3.30. The van der Waals surface area contributed by atoms with Gasteiger partial charge in [-0.1, -0.05) is 18.2 Å². The number of methoxy groups -OCH3 is 2. The van der Waals surface area contributed by atoms with Crippen molar-refractivity contribution < 1.29 is 9.47 Å². The van der Waals surface area contributed by atoms with Crippen LogP contribution in [0.5, 0.6) is 5.75 Å². The van der Waals surface area contributed by atoms with Crippen LogP contribution in [0.1, 0.15) is 24.8 Å². The number of aromatic nitrogens is 4. The molecule has 0 saturated heterocycles. The van der Waals surface area contributed by atoms with E-state index in [0.717, 1.165) is 36.1 Å². The minimum atomic E-state index is -0.102. The Labute approximate surface area is 163 Å². The summed E-state index contributed by atoms with van der Waals surface area (Å²) in [7, 11) is 3.29. The van der Waals surface area contributed by atoms with Gasteiger partial charge in [-0.2, -0.15) is 4.98 Å². The van der Waals surface area contributed by atoms with E-state index >= 15 is 0 Å². The van der Waals surface area contributed by atoms with Gasteiger partial charge in [0.2, 0.25) is 5.95 Å². The largest absolute Gasteiger partial charge is 0.496 e. The van der Waals surface area contributed by atoms with Crippen molar-refractivity contribution in [2.45, 2.75) is 38.4 Å². The van der Waals surface area contributed by atoms with Gasteiger partial charge in [-0.15, -0.1) is 0 Å². The van der Waals surface area contributed by atoms with Crippen LogP contribution in [0.3, 0.4) is 0 Å². The molecule has 2 aromatic heterocycles. The highest BCUT2D eigenvalue weighted by Crippen LogP contribution is 2.24. The van der Waals surface area contributed by atoms with Crippen molar-refractivity contribution in [1.29, 1.82) is 0 Å². The molecule has 2 heterocycles. The third-order valence-electron chi connectivity index (χ3n) is 4.92. The molecule has 3 aromatic rings. The van der Waals surface area contributed by atoms with Gasteiger partial charge in [0.15, 0.2) is 5.65 Å². The van der Waals surface area contributed by atoms with Gasteiger partial charge in [0, 0.05) is 31.9 Å². The molecule has 8 nitrogen and oxygen atoms in total. The first kappa shape index (κ1) is 18.5. The van der Waals surface area contributed by atoms with Gasteiger partial charge in [-0.05, 0) is 25.3 Å². The zero-order chi connectivity index (χ0) is 19.5. The summed E-state index contributed by atoms with van der Waals surface area (Å²) in [4.78, 5) is 22.3. The molecule has 0 atom stereocenters. The summed E-state index contributed by atoms with van der Waals surface area (Å²) in [6.07, 6.45) is 4.74. The molecule has 1 saturated carbocycles. The number of rotatable bonds is 9. The number of anilines is 1. The molecule has 0 amide bonds. The van der Waals surface area contributed by atoms with Gasteiger partial charge >= 0.3 is 5.69 Å². The smallest absolute Gasteiger partial charge is 0.330 e. The van der Waals surface area contributed by atoms with E-state index in [0.29, 0.717) is 37.3 Å². The number of fused-ring (bicyclic) bond motifs is 1. The fraction of sp³-hybridized carbons (Fsp3) is 0.450. The molecular formula is C20H25N5O3. The zero-order valence-corrected chi connectivity index (χ0v) is 16.2. The predicted molar refractivity (Wildman–Crippen MR) is 107 cm³/mol. The molecule has 0 radical (unpaired) electrons.